The zero-order valence-corrected chi connectivity index (χ0v) is 17.7. The maximum atomic E-state index is 12.4. The quantitative estimate of drug-likeness (QED) is 0.454. The molecule has 150 valence electrons. The standard InChI is InChI=1S/C21H17Cl2NO4S/c1-2-27-21(26)14-11-17(13-7-4-3-5-8-13)29-20(14)24-18(25)12-28-16-10-6-9-15(22)19(16)23/h3-11H,2,12H2,1H3,(H,24,25). The number of carbonyl (C=O) groups excluding carboxylic acids is 2. The molecule has 0 saturated heterocycles. The number of nitrogens with one attached hydrogen (secondary N) is 1. The van der Waals surface area contributed by atoms with Crippen molar-refractivity contribution in [3.63, 3.8) is 0 Å². The lowest BCUT2D eigenvalue weighted by molar-refractivity contribution is -0.118. The number of amides is 1. The van der Waals surface area contributed by atoms with Crippen molar-refractivity contribution in [1.82, 2.24) is 0 Å². The molecule has 2 aromatic carbocycles. The summed E-state index contributed by atoms with van der Waals surface area (Å²) in [6.45, 7) is 1.67. The van der Waals surface area contributed by atoms with E-state index in [1.54, 1.807) is 31.2 Å². The third kappa shape index (κ3) is 5.29. The zero-order valence-electron chi connectivity index (χ0n) is 15.4. The fraction of sp³-hybridized carbons (Fsp3) is 0.143. The van der Waals surface area contributed by atoms with E-state index in [9.17, 15) is 9.59 Å². The summed E-state index contributed by atoms with van der Waals surface area (Å²) >= 11 is 13.3. The Labute approximate surface area is 182 Å². The molecule has 0 saturated carbocycles. The Kier molecular flexibility index (Phi) is 7.14. The molecule has 0 radical (unpaired) electrons. The molecule has 1 aromatic heterocycles. The summed E-state index contributed by atoms with van der Waals surface area (Å²) in [5.74, 6) is -0.635. The first kappa shape index (κ1) is 21.2. The van der Waals surface area contributed by atoms with E-state index in [0.29, 0.717) is 21.3 Å². The maximum Gasteiger partial charge on any atom is 0.341 e. The molecule has 8 heteroatoms. The van der Waals surface area contributed by atoms with Crippen molar-refractivity contribution < 1.29 is 19.1 Å². The second-order valence-electron chi connectivity index (χ2n) is 5.83. The van der Waals surface area contributed by atoms with Crippen LogP contribution in [0, 0.1) is 0 Å². The second-order valence-corrected chi connectivity index (χ2v) is 7.67. The SMILES string of the molecule is CCOC(=O)c1cc(-c2ccccc2)sc1NC(=O)COc1cccc(Cl)c1Cl. The molecule has 5 nitrogen and oxygen atoms in total. The zero-order chi connectivity index (χ0) is 20.8. The normalized spacial score (nSPS) is 10.4. The van der Waals surface area contributed by atoms with Crippen LogP contribution in [0.3, 0.4) is 0 Å². The highest BCUT2D eigenvalue weighted by molar-refractivity contribution is 7.20. The third-order valence-corrected chi connectivity index (χ3v) is 5.71. The fourth-order valence-corrected chi connectivity index (χ4v) is 3.90. The van der Waals surface area contributed by atoms with Gasteiger partial charge in [0, 0.05) is 4.88 Å². The van der Waals surface area contributed by atoms with Gasteiger partial charge in [-0.2, -0.15) is 0 Å². The van der Waals surface area contributed by atoms with Gasteiger partial charge in [-0.05, 0) is 30.7 Å². The summed E-state index contributed by atoms with van der Waals surface area (Å²) in [5, 5.41) is 3.68. The summed E-state index contributed by atoms with van der Waals surface area (Å²) in [6.07, 6.45) is 0. The summed E-state index contributed by atoms with van der Waals surface area (Å²) < 4.78 is 10.6. The first-order chi connectivity index (χ1) is 14.0. The number of esters is 1. The van der Waals surface area contributed by atoms with Gasteiger partial charge in [0.2, 0.25) is 0 Å². The molecule has 3 aromatic rings. The van der Waals surface area contributed by atoms with Crippen molar-refractivity contribution in [2.75, 3.05) is 18.5 Å². The van der Waals surface area contributed by atoms with Crippen molar-refractivity contribution in [2.24, 2.45) is 0 Å². The second kappa shape index (κ2) is 9.78. The molecule has 0 atom stereocenters. The van der Waals surface area contributed by atoms with Crippen molar-refractivity contribution in [3.8, 4) is 16.2 Å². The van der Waals surface area contributed by atoms with E-state index in [1.165, 1.54) is 11.3 Å². The minimum Gasteiger partial charge on any atom is -0.482 e. The predicted molar refractivity (Wildman–Crippen MR) is 116 cm³/mol. The van der Waals surface area contributed by atoms with Gasteiger partial charge in [-0.25, -0.2) is 4.79 Å². The molecular formula is C21H17Cl2NO4S. The summed E-state index contributed by atoms with van der Waals surface area (Å²) in [4.78, 5) is 25.6. The molecule has 29 heavy (non-hydrogen) atoms. The Bertz CT molecular complexity index is 1020. The lowest BCUT2D eigenvalue weighted by atomic mass is 10.1. The maximum absolute atomic E-state index is 12.4. The molecule has 0 aliphatic heterocycles. The molecular weight excluding hydrogens is 433 g/mol. The van der Waals surface area contributed by atoms with Crippen LogP contribution in [-0.4, -0.2) is 25.1 Å². The third-order valence-electron chi connectivity index (χ3n) is 3.81. The average molecular weight is 450 g/mol. The minimum absolute atomic E-state index is 0.233. The van der Waals surface area contributed by atoms with Crippen LogP contribution in [0.2, 0.25) is 10.0 Å². The highest BCUT2D eigenvalue weighted by Crippen LogP contribution is 2.36. The largest absolute Gasteiger partial charge is 0.482 e. The van der Waals surface area contributed by atoms with Gasteiger partial charge >= 0.3 is 5.97 Å². The predicted octanol–water partition coefficient (Wildman–Crippen LogP) is 5.92. The number of rotatable bonds is 7. The van der Waals surface area contributed by atoms with Crippen molar-refractivity contribution in [3.05, 3.63) is 70.2 Å². The molecule has 1 amide bonds. The van der Waals surface area contributed by atoms with E-state index in [1.807, 2.05) is 30.3 Å². The van der Waals surface area contributed by atoms with Crippen LogP contribution < -0.4 is 10.1 Å². The topological polar surface area (TPSA) is 64.6 Å². The molecule has 0 spiro atoms. The Hall–Kier alpha value is -2.54. The monoisotopic (exact) mass is 449 g/mol. The summed E-state index contributed by atoms with van der Waals surface area (Å²) in [6, 6.07) is 16.2. The minimum atomic E-state index is -0.500. The van der Waals surface area contributed by atoms with E-state index < -0.39 is 11.9 Å². The van der Waals surface area contributed by atoms with E-state index in [0.717, 1.165) is 10.4 Å². The van der Waals surface area contributed by atoms with Crippen LogP contribution in [0.4, 0.5) is 5.00 Å². The summed E-state index contributed by atoms with van der Waals surface area (Å²) in [7, 11) is 0. The van der Waals surface area contributed by atoms with Crippen LogP contribution in [0.25, 0.3) is 10.4 Å². The number of hydrogen-bond donors (Lipinski definition) is 1. The lowest BCUT2D eigenvalue weighted by Gasteiger charge is -2.09. The highest BCUT2D eigenvalue weighted by Gasteiger charge is 2.20. The number of hydrogen-bond acceptors (Lipinski definition) is 5. The fourth-order valence-electron chi connectivity index (χ4n) is 2.49. The summed E-state index contributed by atoms with van der Waals surface area (Å²) in [5.41, 5.74) is 1.23. The van der Waals surface area contributed by atoms with Crippen molar-refractivity contribution >= 4 is 51.4 Å². The van der Waals surface area contributed by atoms with E-state index in [4.69, 9.17) is 32.7 Å². The number of benzene rings is 2. The molecule has 1 heterocycles. The van der Waals surface area contributed by atoms with Gasteiger partial charge in [-0.3, -0.25) is 4.79 Å². The molecule has 0 unspecified atom stereocenters. The highest BCUT2D eigenvalue weighted by atomic mass is 35.5. The number of thiophene rings is 1. The van der Waals surface area contributed by atoms with Crippen LogP contribution in [0.5, 0.6) is 5.75 Å². The van der Waals surface area contributed by atoms with Gasteiger partial charge in [-0.15, -0.1) is 11.3 Å². The van der Waals surface area contributed by atoms with Gasteiger partial charge in [0.05, 0.1) is 17.2 Å². The average Bonchev–Trinajstić information content (AvgIpc) is 3.14. The molecule has 0 bridgehead atoms. The molecule has 0 fully saturated rings. The number of halogens is 2. The van der Waals surface area contributed by atoms with E-state index >= 15 is 0 Å². The van der Waals surface area contributed by atoms with Crippen molar-refractivity contribution in [1.29, 1.82) is 0 Å². The Balaban J connectivity index is 1.77. The van der Waals surface area contributed by atoms with Crippen LogP contribution in [-0.2, 0) is 9.53 Å². The van der Waals surface area contributed by atoms with Crippen LogP contribution >= 0.6 is 34.5 Å². The molecule has 0 aliphatic carbocycles. The van der Waals surface area contributed by atoms with Gasteiger partial charge in [0.15, 0.2) is 6.61 Å². The number of anilines is 1. The lowest BCUT2D eigenvalue weighted by Crippen LogP contribution is -2.21. The number of carbonyl (C=O) groups is 2. The van der Waals surface area contributed by atoms with Gasteiger partial charge < -0.3 is 14.8 Å². The van der Waals surface area contributed by atoms with Gasteiger partial charge in [0.25, 0.3) is 5.91 Å². The Morgan fingerprint density at radius 2 is 1.83 bits per heavy atom. The van der Waals surface area contributed by atoms with Crippen LogP contribution in [0.1, 0.15) is 17.3 Å². The van der Waals surface area contributed by atoms with E-state index in [2.05, 4.69) is 5.32 Å². The van der Waals surface area contributed by atoms with Gasteiger partial charge in [-0.1, -0.05) is 59.6 Å². The number of ether oxygens (including phenoxy) is 2. The Morgan fingerprint density at radius 3 is 2.55 bits per heavy atom. The van der Waals surface area contributed by atoms with Crippen molar-refractivity contribution in [2.45, 2.75) is 6.92 Å². The van der Waals surface area contributed by atoms with Crippen LogP contribution in [0.15, 0.2) is 54.6 Å². The molecule has 1 N–H and O–H groups in total. The first-order valence-corrected chi connectivity index (χ1v) is 10.3. The van der Waals surface area contributed by atoms with Gasteiger partial charge in [0.1, 0.15) is 15.8 Å². The smallest absolute Gasteiger partial charge is 0.341 e. The molecule has 0 aliphatic rings. The first-order valence-electron chi connectivity index (χ1n) is 8.72. The Morgan fingerprint density at radius 1 is 1.07 bits per heavy atom. The molecule has 3 rings (SSSR count). The van der Waals surface area contributed by atoms with E-state index in [-0.39, 0.29) is 18.2 Å².